The van der Waals surface area contributed by atoms with E-state index in [2.05, 4.69) is 4.98 Å². The van der Waals surface area contributed by atoms with Crippen molar-refractivity contribution in [3.8, 4) is 11.5 Å². The Morgan fingerprint density at radius 3 is 2.89 bits per heavy atom. The minimum atomic E-state index is -0.875. The molecule has 0 aliphatic carbocycles. The molecule has 0 bridgehead atoms. The van der Waals surface area contributed by atoms with Gasteiger partial charge in [-0.05, 0) is 19.1 Å². The Bertz CT molecular complexity index is 597. The number of rotatable bonds is 5. The normalized spacial score (nSPS) is 10.6. The monoisotopic (exact) mass is 281 g/mol. The van der Waals surface area contributed by atoms with Crippen molar-refractivity contribution >= 4 is 17.7 Å². The number of aromatic nitrogens is 1. The van der Waals surface area contributed by atoms with Crippen molar-refractivity contribution in [2.24, 2.45) is 0 Å². The first-order valence-corrected chi connectivity index (χ1v) is 6.74. The van der Waals surface area contributed by atoms with Crippen LogP contribution >= 0.6 is 11.8 Å². The van der Waals surface area contributed by atoms with Crippen LogP contribution in [0.2, 0.25) is 0 Å². The van der Waals surface area contributed by atoms with Crippen LogP contribution in [-0.4, -0.2) is 21.8 Å². The van der Waals surface area contributed by atoms with Gasteiger partial charge < -0.3 is 9.52 Å². The highest BCUT2D eigenvalue weighted by atomic mass is 32.2. The predicted octanol–water partition coefficient (Wildman–Crippen LogP) is 3.11. The second kappa shape index (κ2) is 5.88. The molecule has 0 aliphatic rings. The van der Waals surface area contributed by atoms with Crippen LogP contribution in [0.3, 0.4) is 0 Å². The largest absolute Gasteiger partial charge is 0.481 e. The summed E-state index contributed by atoms with van der Waals surface area (Å²) in [6, 6.07) is 6.23. The number of hydrogen-bond donors (Lipinski definition) is 1. The standard InChI is InChI=1S/C13H12FNO3S/c1-8-11(6-19-7-12(16)17)15-13(18-8)9-4-2-3-5-10(9)14/h2-5H,6-7H2,1H3,(H,16,17). The molecule has 0 fully saturated rings. The van der Waals surface area contributed by atoms with Crippen molar-refractivity contribution in [1.82, 2.24) is 4.98 Å². The van der Waals surface area contributed by atoms with Crippen LogP contribution in [0.4, 0.5) is 4.39 Å². The summed E-state index contributed by atoms with van der Waals surface area (Å²) in [6.07, 6.45) is 0. The van der Waals surface area contributed by atoms with E-state index < -0.39 is 11.8 Å². The molecule has 0 aliphatic heterocycles. The van der Waals surface area contributed by atoms with Crippen molar-refractivity contribution in [1.29, 1.82) is 0 Å². The number of halogens is 1. The molecule has 1 aromatic heterocycles. The number of nitrogens with zero attached hydrogens (tertiary/aromatic N) is 1. The van der Waals surface area contributed by atoms with Crippen LogP contribution in [0.25, 0.3) is 11.5 Å². The van der Waals surface area contributed by atoms with Crippen LogP contribution in [0.5, 0.6) is 0 Å². The van der Waals surface area contributed by atoms with E-state index in [0.717, 1.165) is 0 Å². The number of thioether (sulfide) groups is 1. The van der Waals surface area contributed by atoms with E-state index in [4.69, 9.17) is 9.52 Å². The van der Waals surface area contributed by atoms with Crippen molar-refractivity contribution in [2.75, 3.05) is 5.75 Å². The number of benzene rings is 1. The fourth-order valence-corrected chi connectivity index (χ4v) is 2.28. The predicted molar refractivity (Wildman–Crippen MR) is 70.4 cm³/mol. The van der Waals surface area contributed by atoms with Crippen molar-refractivity contribution in [3.63, 3.8) is 0 Å². The third-order valence-electron chi connectivity index (χ3n) is 2.46. The SMILES string of the molecule is Cc1oc(-c2ccccc2F)nc1CSCC(=O)O. The molecule has 100 valence electrons. The Balaban J connectivity index is 2.17. The lowest BCUT2D eigenvalue weighted by atomic mass is 10.2. The van der Waals surface area contributed by atoms with Gasteiger partial charge in [0.25, 0.3) is 0 Å². The zero-order chi connectivity index (χ0) is 13.8. The molecule has 0 amide bonds. The molecule has 6 heteroatoms. The number of aliphatic carboxylic acids is 1. The minimum absolute atomic E-state index is 0.00132. The summed E-state index contributed by atoms with van der Waals surface area (Å²) in [6.45, 7) is 1.73. The van der Waals surface area contributed by atoms with Gasteiger partial charge in [-0.25, -0.2) is 9.37 Å². The van der Waals surface area contributed by atoms with Crippen molar-refractivity contribution in [3.05, 3.63) is 41.5 Å². The molecule has 0 saturated carbocycles. The Morgan fingerprint density at radius 1 is 1.47 bits per heavy atom. The van der Waals surface area contributed by atoms with E-state index in [1.807, 2.05) is 0 Å². The van der Waals surface area contributed by atoms with Crippen LogP contribution in [0, 0.1) is 12.7 Å². The smallest absolute Gasteiger partial charge is 0.313 e. The number of oxazole rings is 1. The maximum absolute atomic E-state index is 13.6. The van der Waals surface area contributed by atoms with E-state index in [1.165, 1.54) is 17.8 Å². The topological polar surface area (TPSA) is 63.3 Å². The minimum Gasteiger partial charge on any atom is -0.481 e. The highest BCUT2D eigenvalue weighted by Gasteiger charge is 2.14. The highest BCUT2D eigenvalue weighted by Crippen LogP contribution is 2.25. The van der Waals surface area contributed by atoms with Crippen molar-refractivity contribution in [2.45, 2.75) is 12.7 Å². The fraction of sp³-hybridized carbons (Fsp3) is 0.231. The molecule has 1 heterocycles. The maximum Gasteiger partial charge on any atom is 0.313 e. The third kappa shape index (κ3) is 3.35. The molecule has 0 saturated heterocycles. The Kier molecular flexibility index (Phi) is 4.21. The van der Waals surface area contributed by atoms with Gasteiger partial charge >= 0.3 is 5.97 Å². The first kappa shape index (κ1) is 13.6. The molecule has 2 aromatic rings. The number of hydrogen-bond acceptors (Lipinski definition) is 4. The maximum atomic E-state index is 13.6. The van der Waals surface area contributed by atoms with E-state index in [9.17, 15) is 9.18 Å². The summed E-state index contributed by atoms with van der Waals surface area (Å²) in [5.74, 6) is -0.0381. The molecular formula is C13H12FNO3S. The summed E-state index contributed by atoms with van der Waals surface area (Å²) < 4.78 is 19.0. The van der Waals surface area contributed by atoms with Gasteiger partial charge in [0.05, 0.1) is 17.0 Å². The zero-order valence-electron chi connectivity index (χ0n) is 10.2. The second-order valence-corrected chi connectivity index (χ2v) is 4.87. The third-order valence-corrected chi connectivity index (χ3v) is 3.39. The van der Waals surface area contributed by atoms with E-state index in [-0.39, 0.29) is 11.6 Å². The Labute approximate surface area is 113 Å². The van der Waals surface area contributed by atoms with Gasteiger partial charge in [0.15, 0.2) is 0 Å². The fourth-order valence-electron chi connectivity index (χ4n) is 1.55. The van der Waals surface area contributed by atoms with Gasteiger partial charge in [-0.2, -0.15) is 0 Å². The number of aryl methyl sites for hydroxylation is 1. The summed E-state index contributed by atoms with van der Waals surface area (Å²) in [7, 11) is 0. The zero-order valence-corrected chi connectivity index (χ0v) is 11.0. The Morgan fingerprint density at radius 2 is 2.21 bits per heavy atom. The molecule has 0 unspecified atom stereocenters. The lowest BCUT2D eigenvalue weighted by molar-refractivity contribution is -0.133. The van der Waals surface area contributed by atoms with Gasteiger partial charge in [-0.15, -0.1) is 11.8 Å². The summed E-state index contributed by atoms with van der Waals surface area (Å²) >= 11 is 1.23. The van der Waals surface area contributed by atoms with Crippen LogP contribution in [0.15, 0.2) is 28.7 Å². The van der Waals surface area contributed by atoms with Crippen LogP contribution < -0.4 is 0 Å². The van der Waals surface area contributed by atoms with E-state index in [0.29, 0.717) is 22.8 Å². The molecule has 0 atom stereocenters. The summed E-state index contributed by atoms with van der Waals surface area (Å²) in [4.78, 5) is 14.6. The lowest BCUT2D eigenvalue weighted by Gasteiger charge is -1.96. The summed E-state index contributed by atoms with van der Waals surface area (Å²) in [5.41, 5.74) is 0.949. The highest BCUT2D eigenvalue weighted by molar-refractivity contribution is 7.99. The average molecular weight is 281 g/mol. The first-order valence-electron chi connectivity index (χ1n) is 5.58. The molecule has 2 rings (SSSR count). The molecule has 0 spiro atoms. The quantitative estimate of drug-likeness (QED) is 0.912. The van der Waals surface area contributed by atoms with Gasteiger partial charge in [0.2, 0.25) is 5.89 Å². The van der Waals surface area contributed by atoms with Gasteiger partial charge in [-0.3, -0.25) is 4.79 Å². The van der Waals surface area contributed by atoms with E-state index in [1.54, 1.807) is 25.1 Å². The van der Waals surface area contributed by atoms with Crippen LogP contribution in [0.1, 0.15) is 11.5 Å². The number of carbonyl (C=O) groups is 1. The van der Waals surface area contributed by atoms with Gasteiger partial charge in [-0.1, -0.05) is 12.1 Å². The molecule has 4 nitrogen and oxygen atoms in total. The molecule has 0 radical (unpaired) electrons. The molecular weight excluding hydrogens is 269 g/mol. The summed E-state index contributed by atoms with van der Waals surface area (Å²) in [5, 5.41) is 8.57. The number of carboxylic acids is 1. The van der Waals surface area contributed by atoms with Gasteiger partial charge in [0, 0.05) is 5.75 Å². The number of carboxylic acid groups (broad SMARTS) is 1. The first-order chi connectivity index (χ1) is 9.08. The van der Waals surface area contributed by atoms with Crippen LogP contribution in [-0.2, 0) is 10.5 Å². The molecule has 1 N–H and O–H groups in total. The molecule has 1 aromatic carbocycles. The van der Waals surface area contributed by atoms with Crippen molar-refractivity contribution < 1.29 is 18.7 Å². The average Bonchev–Trinajstić information content (AvgIpc) is 2.71. The lowest BCUT2D eigenvalue weighted by Crippen LogP contribution is -1.98. The Hall–Kier alpha value is -1.82. The van der Waals surface area contributed by atoms with E-state index >= 15 is 0 Å². The van der Waals surface area contributed by atoms with Gasteiger partial charge in [0.1, 0.15) is 11.6 Å². The second-order valence-electron chi connectivity index (χ2n) is 3.89. The molecule has 19 heavy (non-hydrogen) atoms.